The predicted octanol–water partition coefficient (Wildman–Crippen LogP) is 3.70. The summed E-state index contributed by atoms with van der Waals surface area (Å²) < 4.78 is 7.55. The SMILES string of the molecule is Clc1ccc(-c2nnc(Cn3nccc3-c3ccncc3)o2)cc1. The standard InChI is InChI=1S/C17H12ClN5O/c18-14-3-1-13(2-4-14)17-22-21-16(24-17)11-23-15(7-10-20-23)12-5-8-19-9-6-12/h1-10H,11H2. The zero-order valence-electron chi connectivity index (χ0n) is 12.5. The highest BCUT2D eigenvalue weighted by Crippen LogP contribution is 2.22. The number of aromatic nitrogens is 5. The van der Waals surface area contributed by atoms with Gasteiger partial charge in [-0.1, -0.05) is 11.6 Å². The van der Waals surface area contributed by atoms with Crippen molar-refractivity contribution in [3.63, 3.8) is 0 Å². The van der Waals surface area contributed by atoms with E-state index in [1.807, 2.05) is 35.0 Å². The van der Waals surface area contributed by atoms with Gasteiger partial charge in [-0.25, -0.2) is 0 Å². The van der Waals surface area contributed by atoms with Crippen LogP contribution in [0.3, 0.4) is 0 Å². The van der Waals surface area contributed by atoms with E-state index in [1.165, 1.54) is 0 Å². The van der Waals surface area contributed by atoms with Crippen molar-refractivity contribution in [3.8, 4) is 22.7 Å². The van der Waals surface area contributed by atoms with Crippen molar-refractivity contribution in [3.05, 3.63) is 72.0 Å². The Hall–Kier alpha value is -2.99. The normalized spacial score (nSPS) is 10.9. The van der Waals surface area contributed by atoms with Crippen molar-refractivity contribution >= 4 is 11.6 Å². The zero-order chi connectivity index (χ0) is 16.4. The quantitative estimate of drug-likeness (QED) is 0.568. The lowest BCUT2D eigenvalue weighted by Gasteiger charge is -2.04. The molecule has 1 aromatic carbocycles. The maximum absolute atomic E-state index is 5.89. The van der Waals surface area contributed by atoms with Gasteiger partial charge >= 0.3 is 0 Å². The minimum Gasteiger partial charge on any atom is -0.419 e. The van der Waals surface area contributed by atoms with Crippen molar-refractivity contribution in [1.29, 1.82) is 0 Å². The fraction of sp³-hybridized carbons (Fsp3) is 0.0588. The van der Waals surface area contributed by atoms with Crippen LogP contribution in [-0.2, 0) is 6.54 Å². The molecule has 4 aromatic rings. The third-order valence-electron chi connectivity index (χ3n) is 3.54. The molecule has 6 nitrogen and oxygen atoms in total. The molecule has 0 bridgehead atoms. The van der Waals surface area contributed by atoms with Gasteiger partial charge in [0.2, 0.25) is 11.8 Å². The highest BCUT2D eigenvalue weighted by Gasteiger charge is 2.12. The van der Waals surface area contributed by atoms with E-state index in [0.29, 0.717) is 23.3 Å². The molecule has 3 aromatic heterocycles. The van der Waals surface area contributed by atoms with Crippen molar-refractivity contribution in [2.24, 2.45) is 0 Å². The minimum atomic E-state index is 0.394. The van der Waals surface area contributed by atoms with Crippen LogP contribution in [0.25, 0.3) is 22.7 Å². The average Bonchev–Trinajstić information content (AvgIpc) is 3.26. The van der Waals surface area contributed by atoms with Gasteiger partial charge in [0, 0.05) is 34.7 Å². The monoisotopic (exact) mass is 337 g/mol. The number of halogens is 1. The number of hydrogen-bond acceptors (Lipinski definition) is 5. The Morgan fingerprint density at radius 1 is 0.875 bits per heavy atom. The summed E-state index contributed by atoms with van der Waals surface area (Å²) in [7, 11) is 0. The van der Waals surface area contributed by atoms with Gasteiger partial charge in [-0.2, -0.15) is 5.10 Å². The van der Waals surface area contributed by atoms with E-state index in [1.54, 1.807) is 30.7 Å². The van der Waals surface area contributed by atoms with Crippen LogP contribution in [0, 0.1) is 0 Å². The third-order valence-corrected chi connectivity index (χ3v) is 3.79. The van der Waals surface area contributed by atoms with Gasteiger partial charge in [-0.05, 0) is 42.5 Å². The van der Waals surface area contributed by atoms with Crippen LogP contribution < -0.4 is 0 Å². The second-order valence-corrected chi connectivity index (χ2v) is 5.55. The molecule has 0 aliphatic carbocycles. The van der Waals surface area contributed by atoms with Crippen molar-refractivity contribution in [2.45, 2.75) is 6.54 Å². The molecule has 0 unspecified atom stereocenters. The second-order valence-electron chi connectivity index (χ2n) is 5.12. The number of rotatable bonds is 4. The van der Waals surface area contributed by atoms with Gasteiger partial charge in [0.25, 0.3) is 0 Å². The van der Waals surface area contributed by atoms with E-state index in [-0.39, 0.29) is 0 Å². The fourth-order valence-electron chi connectivity index (χ4n) is 2.38. The van der Waals surface area contributed by atoms with Crippen LogP contribution in [-0.4, -0.2) is 25.0 Å². The summed E-state index contributed by atoms with van der Waals surface area (Å²) in [5.74, 6) is 0.943. The van der Waals surface area contributed by atoms with E-state index in [4.69, 9.17) is 16.0 Å². The molecule has 4 rings (SSSR count). The lowest BCUT2D eigenvalue weighted by Crippen LogP contribution is -2.04. The van der Waals surface area contributed by atoms with Crippen molar-refractivity contribution < 1.29 is 4.42 Å². The molecule has 0 saturated carbocycles. The van der Waals surface area contributed by atoms with Crippen LogP contribution in [0.1, 0.15) is 5.89 Å². The first-order chi connectivity index (χ1) is 11.8. The number of pyridine rings is 1. The topological polar surface area (TPSA) is 69.6 Å². The van der Waals surface area contributed by atoms with Gasteiger partial charge in [-0.3, -0.25) is 9.67 Å². The summed E-state index contributed by atoms with van der Waals surface area (Å²) in [6, 6.07) is 13.1. The molecule has 0 N–H and O–H groups in total. The fourth-order valence-corrected chi connectivity index (χ4v) is 2.51. The molecule has 0 aliphatic rings. The van der Waals surface area contributed by atoms with Gasteiger partial charge < -0.3 is 4.42 Å². The van der Waals surface area contributed by atoms with Crippen molar-refractivity contribution in [2.75, 3.05) is 0 Å². The minimum absolute atomic E-state index is 0.394. The molecule has 0 spiro atoms. The van der Waals surface area contributed by atoms with Gasteiger partial charge in [-0.15, -0.1) is 10.2 Å². The van der Waals surface area contributed by atoms with Gasteiger partial charge in [0.15, 0.2) is 0 Å². The van der Waals surface area contributed by atoms with E-state index >= 15 is 0 Å². The first kappa shape index (κ1) is 14.6. The summed E-state index contributed by atoms with van der Waals surface area (Å²) in [5, 5.41) is 13.2. The van der Waals surface area contributed by atoms with E-state index in [2.05, 4.69) is 20.3 Å². The number of hydrogen-bond donors (Lipinski definition) is 0. The lowest BCUT2D eigenvalue weighted by molar-refractivity contribution is 0.475. The molecule has 0 atom stereocenters. The highest BCUT2D eigenvalue weighted by molar-refractivity contribution is 6.30. The maximum atomic E-state index is 5.89. The average molecular weight is 338 g/mol. The Morgan fingerprint density at radius 3 is 2.46 bits per heavy atom. The molecule has 0 amide bonds. The molecule has 3 heterocycles. The number of nitrogens with zero attached hydrogens (tertiary/aromatic N) is 5. The van der Waals surface area contributed by atoms with E-state index < -0.39 is 0 Å². The Bertz CT molecular complexity index is 947. The van der Waals surface area contributed by atoms with Crippen molar-refractivity contribution in [1.82, 2.24) is 25.0 Å². The largest absolute Gasteiger partial charge is 0.419 e. The Morgan fingerprint density at radius 2 is 1.67 bits per heavy atom. The van der Waals surface area contributed by atoms with Crippen LogP contribution in [0.5, 0.6) is 0 Å². The number of benzene rings is 1. The van der Waals surface area contributed by atoms with Crippen LogP contribution in [0.15, 0.2) is 65.5 Å². The van der Waals surface area contributed by atoms with Crippen LogP contribution >= 0.6 is 11.6 Å². The summed E-state index contributed by atoms with van der Waals surface area (Å²) in [6.07, 6.45) is 5.24. The first-order valence-corrected chi connectivity index (χ1v) is 7.68. The predicted molar refractivity (Wildman–Crippen MR) is 89.3 cm³/mol. The molecule has 0 aliphatic heterocycles. The summed E-state index contributed by atoms with van der Waals surface area (Å²) in [6.45, 7) is 0.394. The lowest BCUT2D eigenvalue weighted by atomic mass is 10.2. The second kappa shape index (κ2) is 6.25. The molecule has 0 saturated heterocycles. The summed E-state index contributed by atoms with van der Waals surface area (Å²) in [5.41, 5.74) is 2.82. The molecule has 24 heavy (non-hydrogen) atoms. The third kappa shape index (κ3) is 2.91. The van der Waals surface area contributed by atoms with Gasteiger partial charge in [0.05, 0.1) is 5.69 Å². The summed E-state index contributed by atoms with van der Waals surface area (Å²) >= 11 is 5.89. The Balaban J connectivity index is 1.59. The van der Waals surface area contributed by atoms with E-state index in [0.717, 1.165) is 16.8 Å². The first-order valence-electron chi connectivity index (χ1n) is 7.30. The molecule has 0 fully saturated rings. The molecular weight excluding hydrogens is 326 g/mol. The summed E-state index contributed by atoms with van der Waals surface area (Å²) in [4.78, 5) is 4.03. The van der Waals surface area contributed by atoms with Gasteiger partial charge in [0.1, 0.15) is 6.54 Å². The zero-order valence-corrected chi connectivity index (χ0v) is 13.3. The van der Waals surface area contributed by atoms with E-state index in [9.17, 15) is 0 Å². The molecule has 7 heteroatoms. The smallest absolute Gasteiger partial charge is 0.247 e. The highest BCUT2D eigenvalue weighted by atomic mass is 35.5. The molecular formula is C17H12ClN5O. The Kier molecular flexibility index (Phi) is 3.80. The van der Waals surface area contributed by atoms with Crippen LogP contribution in [0.4, 0.5) is 0 Å². The molecule has 0 radical (unpaired) electrons. The maximum Gasteiger partial charge on any atom is 0.247 e. The Labute approximate surface area is 142 Å². The van der Waals surface area contributed by atoms with Crippen LogP contribution in [0.2, 0.25) is 5.02 Å². The molecule has 118 valence electrons.